The Morgan fingerprint density at radius 1 is 1.00 bits per heavy atom. The number of nitrogens with zero attached hydrogens (tertiary/aromatic N) is 2. The van der Waals surface area contributed by atoms with Crippen molar-refractivity contribution in [3.63, 3.8) is 0 Å². The Kier molecular flexibility index (Phi) is 6.93. The molecule has 3 aromatic rings. The van der Waals surface area contributed by atoms with E-state index in [0.29, 0.717) is 37.2 Å². The number of carbonyl (C=O) groups is 4. The van der Waals surface area contributed by atoms with Crippen LogP contribution in [0, 0.1) is 0 Å². The molecule has 0 radical (unpaired) electrons. The third kappa shape index (κ3) is 5.66. The number of ether oxygens (including phenoxy) is 1. The van der Waals surface area contributed by atoms with Gasteiger partial charge in [-0.25, -0.2) is 4.79 Å². The van der Waals surface area contributed by atoms with Crippen LogP contribution in [0.25, 0.3) is 0 Å². The molecule has 2 N–H and O–H groups in total. The van der Waals surface area contributed by atoms with Gasteiger partial charge in [0.2, 0.25) is 0 Å². The van der Waals surface area contributed by atoms with Crippen molar-refractivity contribution in [3.05, 3.63) is 89.2 Å². The number of amides is 3. The lowest BCUT2D eigenvalue weighted by atomic mass is 9.92. The molecule has 1 atom stereocenters. The molecule has 9 nitrogen and oxygen atoms in total. The lowest BCUT2D eigenvalue weighted by Gasteiger charge is -2.29. The minimum absolute atomic E-state index is 0.0666. The molecule has 5 rings (SSSR count). The summed E-state index contributed by atoms with van der Waals surface area (Å²) in [6, 6.07) is 15.5. The molecular weight excluding hydrogens is 472 g/mol. The molecular formula is C28H26N4O5. The van der Waals surface area contributed by atoms with E-state index in [1.54, 1.807) is 53.7 Å². The molecule has 1 fully saturated rings. The summed E-state index contributed by atoms with van der Waals surface area (Å²) in [5, 5.41) is 5.63. The van der Waals surface area contributed by atoms with Crippen molar-refractivity contribution < 1.29 is 23.9 Å². The Balaban J connectivity index is 1.12. The van der Waals surface area contributed by atoms with Crippen molar-refractivity contribution >= 4 is 29.2 Å². The van der Waals surface area contributed by atoms with Gasteiger partial charge in [-0.3, -0.25) is 19.4 Å². The Bertz CT molecular complexity index is 1340. The molecule has 0 bridgehead atoms. The summed E-state index contributed by atoms with van der Waals surface area (Å²) in [6.07, 6.45) is 3.94. The first-order valence-electron chi connectivity index (χ1n) is 12.1. The minimum Gasteiger partial charge on any atom is -0.489 e. The largest absolute Gasteiger partial charge is 0.489 e. The number of ketones is 2. The highest BCUT2D eigenvalue weighted by Gasteiger charge is 2.38. The standard InChI is InChI=1S/C28H26N4O5/c33-22-6-8-25(26(34)14-22)32-16-20-13-19(3-7-24(20)27(32)35)15-30-28(36)31-21-4-1-18(2-5-21)17-37-23-9-11-29-12-10-23/h1-5,7,9-13,25H,6,8,14-17H2,(H2,30,31,36). The second kappa shape index (κ2) is 10.6. The molecule has 188 valence electrons. The van der Waals surface area contributed by atoms with Gasteiger partial charge in [-0.1, -0.05) is 24.3 Å². The van der Waals surface area contributed by atoms with E-state index in [-0.39, 0.29) is 36.5 Å². The molecule has 2 aliphatic rings. The Morgan fingerprint density at radius 2 is 1.76 bits per heavy atom. The van der Waals surface area contributed by atoms with Crippen LogP contribution in [0.1, 0.15) is 46.3 Å². The van der Waals surface area contributed by atoms with Gasteiger partial charge in [0.15, 0.2) is 5.78 Å². The molecule has 2 aromatic carbocycles. The van der Waals surface area contributed by atoms with E-state index in [2.05, 4.69) is 15.6 Å². The normalized spacial score (nSPS) is 16.9. The summed E-state index contributed by atoms with van der Waals surface area (Å²) >= 11 is 0. The maximum atomic E-state index is 12.8. The highest BCUT2D eigenvalue weighted by Crippen LogP contribution is 2.29. The number of Topliss-reactive ketones (excluding diaryl/α,β-unsaturated/α-hetero) is 2. The average molecular weight is 499 g/mol. The highest BCUT2D eigenvalue weighted by molar-refractivity contribution is 6.07. The molecule has 1 aliphatic carbocycles. The Labute approximate surface area is 213 Å². The fourth-order valence-corrected chi connectivity index (χ4v) is 4.59. The van der Waals surface area contributed by atoms with Gasteiger partial charge in [-0.2, -0.15) is 0 Å². The van der Waals surface area contributed by atoms with E-state index in [1.165, 1.54) is 0 Å². The molecule has 3 amide bonds. The number of fused-ring (bicyclic) bond motifs is 1. The molecule has 1 unspecified atom stereocenters. The number of pyridine rings is 1. The van der Waals surface area contributed by atoms with Crippen LogP contribution in [0.2, 0.25) is 0 Å². The zero-order valence-electron chi connectivity index (χ0n) is 20.1. The number of benzene rings is 2. The summed E-state index contributed by atoms with van der Waals surface area (Å²) in [6.45, 7) is 1.01. The van der Waals surface area contributed by atoms with Gasteiger partial charge in [-0.15, -0.1) is 0 Å². The van der Waals surface area contributed by atoms with Gasteiger partial charge < -0.3 is 20.3 Å². The quantitative estimate of drug-likeness (QED) is 0.481. The maximum Gasteiger partial charge on any atom is 0.319 e. The van der Waals surface area contributed by atoms with Crippen molar-refractivity contribution in [2.75, 3.05) is 5.32 Å². The van der Waals surface area contributed by atoms with Crippen LogP contribution in [0.15, 0.2) is 67.0 Å². The minimum atomic E-state index is -0.543. The summed E-state index contributed by atoms with van der Waals surface area (Å²) < 4.78 is 5.70. The summed E-state index contributed by atoms with van der Waals surface area (Å²) in [5.74, 6) is 0.294. The summed E-state index contributed by atoms with van der Waals surface area (Å²) in [7, 11) is 0. The maximum absolute atomic E-state index is 12.8. The smallest absolute Gasteiger partial charge is 0.319 e. The number of aromatic nitrogens is 1. The van der Waals surface area contributed by atoms with E-state index < -0.39 is 6.04 Å². The first-order valence-corrected chi connectivity index (χ1v) is 12.1. The number of hydrogen-bond acceptors (Lipinski definition) is 6. The van der Waals surface area contributed by atoms with E-state index in [4.69, 9.17) is 4.74 Å². The topological polar surface area (TPSA) is 118 Å². The van der Waals surface area contributed by atoms with Crippen LogP contribution >= 0.6 is 0 Å². The zero-order chi connectivity index (χ0) is 25.8. The number of anilines is 1. The number of nitrogens with one attached hydrogen (secondary N) is 2. The SMILES string of the molecule is O=C1CCC(N2Cc3cc(CNC(=O)Nc4ccc(COc5ccncc5)cc4)ccc3C2=O)C(=O)C1. The van der Waals surface area contributed by atoms with E-state index in [9.17, 15) is 19.2 Å². The Hall–Kier alpha value is -4.53. The molecule has 0 saturated heterocycles. The van der Waals surface area contributed by atoms with Gasteiger partial charge >= 0.3 is 6.03 Å². The molecule has 1 saturated carbocycles. The van der Waals surface area contributed by atoms with Crippen LogP contribution in [0.5, 0.6) is 5.75 Å². The third-order valence-electron chi connectivity index (χ3n) is 6.54. The van der Waals surface area contributed by atoms with E-state index >= 15 is 0 Å². The molecule has 1 aromatic heterocycles. The molecule has 37 heavy (non-hydrogen) atoms. The van der Waals surface area contributed by atoms with Gasteiger partial charge in [0.05, 0.1) is 12.5 Å². The van der Waals surface area contributed by atoms with Gasteiger partial charge in [-0.05, 0) is 53.4 Å². The number of hydrogen-bond donors (Lipinski definition) is 2. The molecule has 9 heteroatoms. The third-order valence-corrected chi connectivity index (χ3v) is 6.54. The predicted octanol–water partition coefficient (Wildman–Crippen LogP) is 3.63. The van der Waals surface area contributed by atoms with Gasteiger partial charge in [0.25, 0.3) is 5.91 Å². The fourth-order valence-electron chi connectivity index (χ4n) is 4.59. The lowest BCUT2D eigenvalue weighted by molar-refractivity contribution is -0.133. The second-order valence-corrected chi connectivity index (χ2v) is 9.14. The van der Waals surface area contributed by atoms with Crippen molar-refractivity contribution in [2.24, 2.45) is 0 Å². The number of rotatable bonds is 7. The van der Waals surface area contributed by atoms with Crippen molar-refractivity contribution in [1.29, 1.82) is 0 Å². The van der Waals surface area contributed by atoms with Crippen molar-refractivity contribution in [1.82, 2.24) is 15.2 Å². The molecule has 2 heterocycles. The highest BCUT2D eigenvalue weighted by atomic mass is 16.5. The lowest BCUT2D eigenvalue weighted by Crippen LogP contribution is -2.44. The van der Waals surface area contributed by atoms with E-state index in [0.717, 1.165) is 22.4 Å². The summed E-state index contributed by atoms with van der Waals surface area (Å²) in [5.41, 5.74) is 3.84. The average Bonchev–Trinajstić information content (AvgIpc) is 3.23. The van der Waals surface area contributed by atoms with Crippen LogP contribution in [0.4, 0.5) is 10.5 Å². The zero-order valence-corrected chi connectivity index (χ0v) is 20.1. The van der Waals surface area contributed by atoms with E-state index in [1.807, 2.05) is 18.2 Å². The van der Waals surface area contributed by atoms with Crippen molar-refractivity contribution in [2.45, 2.75) is 45.0 Å². The number of urea groups is 1. The first kappa shape index (κ1) is 24.2. The van der Waals surface area contributed by atoms with Gasteiger partial charge in [0, 0.05) is 43.2 Å². The molecule has 1 aliphatic heterocycles. The van der Waals surface area contributed by atoms with Crippen LogP contribution in [0.3, 0.4) is 0 Å². The number of carbonyl (C=O) groups excluding carboxylic acids is 4. The predicted molar refractivity (Wildman–Crippen MR) is 135 cm³/mol. The van der Waals surface area contributed by atoms with Crippen LogP contribution in [-0.2, 0) is 29.3 Å². The second-order valence-electron chi connectivity index (χ2n) is 9.14. The van der Waals surface area contributed by atoms with Crippen LogP contribution < -0.4 is 15.4 Å². The summed E-state index contributed by atoms with van der Waals surface area (Å²) in [4.78, 5) is 54.6. The monoisotopic (exact) mass is 498 g/mol. The van der Waals surface area contributed by atoms with Crippen LogP contribution in [-0.4, -0.2) is 39.4 Å². The molecule has 0 spiro atoms. The van der Waals surface area contributed by atoms with Gasteiger partial charge in [0.1, 0.15) is 18.1 Å². The fraction of sp³-hybridized carbons (Fsp3) is 0.250. The first-order chi connectivity index (χ1) is 18.0. The van der Waals surface area contributed by atoms with Crippen molar-refractivity contribution in [3.8, 4) is 5.75 Å². The Morgan fingerprint density at radius 3 is 2.51 bits per heavy atom.